The van der Waals surface area contributed by atoms with Crippen LogP contribution in [0.15, 0.2) is 12.1 Å². The zero-order valence-electron chi connectivity index (χ0n) is 9.04. The zero-order valence-corrected chi connectivity index (χ0v) is 11.4. The van der Waals surface area contributed by atoms with Crippen molar-refractivity contribution < 1.29 is 14.3 Å². The second-order valence-corrected chi connectivity index (χ2v) is 5.22. The SMILES string of the molecule is CC(=O)OC(CCl)CNC(=O)c1ccc(Cl)s1. The third-order valence-electron chi connectivity index (χ3n) is 1.79. The van der Waals surface area contributed by atoms with Crippen LogP contribution in [0.1, 0.15) is 16.6 Å². The molecule has 0 aromatic carbocycles. The minimum absolute atomic E-state index is 0.130. The zero-order chi connectivity index (χ0) is 12.8. The Kier molecular flexibility index (Phi) is 5.74. The molecule has 1 amide bonds. The van der Waals surface area contributed by atoms with Gasteiger partial charge in [0.1, 0.15) is 6.10 Å². The van der Waals surface area contributed by atoms with Gasteiger partial charge < -0.3 is 10.1 Å². The largest absolute Gasteiger partial charge is 0.459 e. The number of rotatable bonds is 5. The van der Waals surface area contributed by atoms with Gasteiger partial charge in [-0.2, -0.15) is 0 Å². The molecule has 17 heavy (non-hydrogen) atoms. The lowest BCUT2D eigenvalue weighted by Gasteiger charge is -2.14. The van der Waals surface area contributed by atoms with Crippen molar-refractivity contribution in [3.8, 4) is 0 Å². The average molecular weight is 296 g/mol. The van der Waals surface area contributed by atoms with Crippen LogP contribution in [-0.2, 0) is 9.53 Å². The Morgan fingerprint density at radius 1 is 1.53 bits per heavy atom. The van der Waals surface area contributed by atoms with E-state index < -0.39 is 12.1 Å². The molecule has 0 bridgehead atoms. The van der Waals surface area contributed by atoms with Crippen molar-refractivity contribution in [3.05, 3.63) is 21.3 Å². The van der Waals surface area contributed by atoms with E-state index in [0.29, 0.717) is 9.21 Å². The number of thiophene rings is 1. The summed E-state index contributed by atoms with van der Waals surface area (Å²) in [5, 5.41) is 2.62. The molecule has 1 heterocycles. The molecule has 4 nitrogen and oxygen atoms in total. The summed E-state index contributed by atoms with van der Waals surface area (Å²) in [6, 6.07) is 3.27. The van der Waals surface area contributed by atoms with Crippen molar-refractivity contribution >= 4 is 46.4 Å². The van der Waals surface area contributed by atoms with E-state index in [4.69, 9.17) is 27.9 Å². The molecule has 0 aliphatic rings. The van der Waals surface area contributed by atoms with E-state index >= 15 is 0 Å². The number of amides is 1. The normalized spacial score (nSPS) is 11.9. The van der Waals surface area contributed by atoms with Crippen LogP contribution in [0.25, 0.3) is 0 Å². The van der Waals surface area contributed by atoms with Gasteiger partial charge in [-0.1, -0.05) is 11.6 Å². The highest BCUT2D eigenvalue weighted by atomic mass is 35.5. The van der Waals surface area contributed by atoms with E-state index in [2.05, 4.69) is 5.32 Å². The molecule has 1 N–H and O–H groups in total. The van der Waals surface area contributed by atoms with Crippen LogP contribution in [0.2, 0.25) is 4.34 Å². The molecular formula is C10H11Cl2NO3S. The molecular weight excluding hydrogens is 285 g/mol. The van der Waals surface area contributed by atoms with E-state index in [0.717, 1.165) is 0 Å². The third kappa shape index (κ3) is 4.93. The topological polar surface area (TPSA) is 55.4 Å². The summed E-state index contributed by atoms with van der Waals surface area (Å²) in [6.45, 7) is 1.47. The number of hydrogen-bond acceptors (Lipinski definition) is 4. The van der Waals surface area contributed by atoms with Crippen LogP contribution in [-0.4, -0.2) is 30.4 Å². The summed E-state index contributed by atoms with van der Waals surface area (Å²) >= 11 is 12.5. The number of nitrogens with one attached hydrogen (secondary N) is 1. The number of ether oxygens (including phenoxy) is 1. The molecule has 1 rings (SSSR count). The molecule has 0 fully saturated rings. The van der Waals surface area contributed by atoms with Gasteiger partial charge in [0.2, 0.25) is 0 Å². The van der Waals surface area contributed by atoms with Crippen LogP contribution >= 0.6 is 34.5 Å². The highest BCUT2D eigenvalue weighted by molar-refractivity contribution is 7.17. The maximum absolute atomic E-state index is 11.6. The van der Waals surface area contributed by atoms with Crippen LogP contribution in [0, 0.1) is 0 Å². The highest BCUT2D eigenvalue weighted by Gasteiger charge is 2.14. The predicted octanol–water partition coefficient (Wildman–Crippen LogP) is 2.30. The van der Waals surface area contributed by atoms with E-state index in [9.17, 15) is 9.59 Å². The first-order valence-corrected chi connectivity index (χ1v) is 6.52. The van der Waals surface area contributed by atoms with Gasteiger partial charge in [-0.3, -0.25) is 9.59 Å². The Labute approximate surface area is 113 Å². The van der Waals surface area contributed by atoms with Gasteiger partial charge in [0.15, 0.2) is 0 Å². The molecule has 0 aliphatic heterocycles. The van der Waals surface area contributed by atoms with Gasteiger partial charge in [0.25, 0.3) is 5.91 Å². The van der Waals surface area contributed by atoms with E-state index in [-0.39, 0.29) is 18.3 Å². The van der Waals surface area contributed by atoms with Crippen molar-refractivity contribution in [2.75, 3.05) is 12.4 Å². The Hall–Kier alpha value is -0.780. The first kappa shape index (κ1) is 14.3. The molecule has 94 valence electrons. The predicted molar refractivity (Wildman–Crippen MR) is 67.9 cm³/mol. The fraction of sp³-hybridized carbons (Fsp3) is 0.400. The van der Waals surface area contributed by atoms with Gasteiger partial charge in [0, 0.05) is 6.92 Å². The van der Waals surface area contributed by atoms with Gasteiger partial charge in [-0.05, 0) is 12.1 Å². The summed E-state index contributed by atoms with van der Waals surface area (Å²) in [5.41, 5.74) is 0. The van der Waals surface area contributed by atoms with Crippen molar-refractivity contribution in [2.45, 2.75) is 13.0 Å². The molecule has 0 spiro atoms. The highest BCUT2D eigenvalue weighted by Crippen LogP contribution is 2.21. The Bertz CT molecular complexity index is 408. The molecule has 0 aliphatic carbocycles. The summed E-state index contributed by atoms with van der Waals surface area (Å²) in [6.07, 6.45) is -0.520. The van der Waals surface area contributed by atoms with Crippen molar-refractivity contribution in [3.63, 3.8) is 0 Å². The monoisotopic (exact) mass is 295 g/mol. The van der Waals surface area contributed by atoms with Crippen molar-refractivity contribution in [1.29, 1.82) is 0 Å². The maximum atomic E-state index is 11.6. The quantitative estimate of drug-likeness (QED) is 0.670. The summed E-state index contributed by atoms with van der Waals surface area (Å²) in [4.78, 5) is 22.8. The number of alkyl halides is 1. The maximum Gasteiger partial charge on any atom is 0.303 e. The number of esters is 1. The molecule has 1 unspecified atom stereocenters. The Morgan fingerprint density at radius 3 is 2.71 bits per heavy atom. The molecule has 0 saturated carbocycles. The first-order chi connectivity index (χ1) is 8.02. The summed E-state index contributed by atoms with van der Waals surface area (Å²) in [5.74, 6) is -0.557. The van der Waals surface area contributed by atoms with Crippen LogP contribution in [0.5, 0.6) is 0 Å². The van der Waals surface area contributed by atoms with Gasteiger partial charge >= 0.3 is 5.97 Å². The van der Waals surface area contributed by atoms with E-state index in [1.54, 1.807) is 12.1 Å². The number of carbonyl (C=O) groups excluding carboxylic acids is 2. The van der Waals surface area contributed by atoms with Gasteiger partial charge in [0.05, 0.1) is 21.6 Å². The fourth-order valence-corrected chi connectivity index (χ4v) is 2.22. The van der Waals surface area contributed by atoms with Gasteiger partial charge in [-0.15, -0.1) is 22.9 Å². The smallest absolute Gasteiger partial charge is 0.303 e. The number of carbonyl (C=O) groups is 2. The Balaban J connectivity index is 2.44. The van der Waals surface area contributed by atoms with Crippen LogP contribution < -0.4 is 5.32 Å². The lowest BCUT2D eigenvalue weighted by Crippen LogP contribution is -2.35. The second-order valence-electron chi connectivity index (χ2n) is 3.20. The number of halogens is 2. The molecule has 7 heteroatoms. The third-order valence-corrected chi connectivity index (χ3v) is 3.37. The summed E-state index contributed by atoms with van der Waals surface area (Å²) in [7, 11) is 0. The van der Waals surface area contributed by atoms with Crippen LogP contribution in [0.3, 0.4) is 0 Å². The second kappa shape index (κ2) is 6.83. The minimum atomic E-state index is -0.520. The minimum Gasteiger partial charge on any atom is -0.459 e. The molecule has 0 radical (unpaired) electrons. The lowest BCUT2D eigenvalue weighted by atomic mass is 10.3. The van der Waals surface area contributed by atoms with E-state index in [1.165, 1.54) is 18.3 Å². The molecule has 1 aromatic rings. The van der Waals surface area contributed by atoms with Crippen molar-refractivity contribution in [1.82, 2.24) is 5.32 Å². The standard InChI is InChI=1S/C10H11Cl2NO3S/c1-6(14)16-7(4-11)5-13-10(15)8-2-3-9(12)17-8/h2-3,7H,4-5H2,1H3,(H,13,15). The first-order valence-electron chi connectivity index (χ1n) is 4.79. The number of hydrogen-bond donors (Lipinski definition) is 1. The molecule has 0 saturated heterocycles. The van der Waals surface area contributed by atoms with Crippen molar-refractivity contribution in [2.24, 2.45) is 0 Å². The fourth-order valence-electron chi connectivity index (χ4n) is 1.09. The molecule has 1 aromatic heterocycles. The summed E-state index contributed by atoms with van der Waals surface area (Å²) < 4.78 is 5.43. The average Bonchev–Trinajstić information content (AvgIpc) is 2.70. The molecule has 1 atom stereocenters. The van der Waals surface area contributed by atoms with Gasteiger partial charge in [-0.25, -0.2) is 0 Å². The van der Waals surface area contributed by atoms with E-state index in [1.807, 2.05) is 0 Å². The van der Waals surface area contributed by atoms with Crippen LogP contribution in [0.4, 0.5) is 0 Å². The lowest BCUT2D eigenvalue weighted by molar-refractivity contribution is -0.145. The Morgan fingerprint density at radius 2 is 2.24 bits per heavy atom.